The maximum Gasteiger partial charge on any atom is 0.153 e. The van der Waals surface area contributed by atoms with Crippen molar-refractivity contribution in [2.24, 2.45) is 0 Å². The first-order valence-electron chi connectivity index (χ1n) is 6.02. The van der Waals surface area contributed by atoms with Crippen LogP contribution in [0.15, 0.2) is 30.3 Å². The number of sulfone groups is 1. The summed E-state index contributed by atoms with van der Waals surface area (Å²) in [5, 5.41) is -0.168. The Balaban J connectivity index is 1.70. The van der Waals surface area contributed by atoms with Gasteiger partial charge in [0, 0.05) is 6.61 Å². The topological polar surface area (TPSA) is 43.4 Å². The third-order valence-corrected chi connectivity index (χ3v) is 5.50. The molecule has 1 aliphatic rings. The van der Waals surface area contributed by atoms with Gasteiger partial charge >= 0.3 is 0 Å². The Labute approximate surface area is 103 Å². The van der Waals surface area contributed by atoms with Crippen LogP contribution >= 0.6 is 0 Å². The Kier molecular flexibility index (Phi) is 4.18. The molecule has 1 saturated heterocycles. The predicted molar refractivity (Wildman–Crippen MR) is 67.5 cm³/mol. The minimum atomic E-state index is -2.81. The highest BCUT2D eigenvalue weighted by Crippen LogP contribution is 2.22. The molecule has 0 saturated carbocycles. The molecule has 0 aliphatic carbocycles. The second-order valence-corrected chi connectivity index (χ2v) is 6.86. The minimum absolute atomic E-state index is 0.168. The Hall–Kier alpha value is -0.870. The van der Waals surface area contributed by atoms with Crippen LogP contribution in [0.5, 0.6) is 0 Å². The Morgan fingerprint density at radius 1 is 1.24 bits per heavy atom. The first kappa shape index (κ1) is 12.6. The van der Waals surface area contributed by atoms with Gasteiger partial charge in [0.15, 0.2) is 9.84 Å². The maximum atomic E-state index is 11.6. The zero-order valence-electron chi connectivity index (χ0n) is 9.84. The van der Waals surface area contributed by atoms with Crippen LogP contribution in [0.25, 0.3) is 0 Å². The van der Waals surface area contributed by atoms with E-state index in [1.807, 2.05) is 30.3 Å². The van der Waals surface area contributed by atoms with Gasteiger partial charge in [0.1, 0.15) is 0 Å². The normalized spacial score (nSPS) is 22.7. The molecule has 0 amide bonds. The molecule has 1 unspecified atom stereocenters. The lowest BCUT2D eigenvalue weighted by molar-refractivity contribution is 0.117. The number of ether oxygens (including phenoxy) is 1. The van der Waals surface area contributed by atoms with Crippen molar-refractivity contribution in [1.29, 1.82) is 0 Å². The van der Waals surface area contributed by atoms with E-state index in [2.05, 4.69) is 0 Å². The zero-order valence-corrected chi connectivity index (χ0v) is 10.7. The zero-order chi connectivity index (χ0) is 12.1. The molecule has 3 nitrogen and oxygen atoms in total. The summed E-state index contributed by atoms with van der Waals surface area (Å²) in [7, 11) is -2.81. The van der Waals surface area contributed by atoms with Gasteiger partial charge in [0.25, 0.3) is 0 Å². The van der Waals surface area contributed by atoms with Gasteiger partial charge in [-0.2, -0.15) is 0 Å². The van der Waals surface area contributed by atoms with Gasteiger partial charge in [0.2, 0.25) is 0 Å². The smallest absolute Gasteiger partial charge is 0.153 e. The molecule has 94 valence electrons. The lowest BCUT2D eigenvalue weighted by Crippen LogP contribution is -2.17. The molecule has 0 radical (unpaired) electrons. The molecule has 0 spiro atoms. The summed E-state index contributed by atoms with van der Waals surface area (Å²) >= 11 is 0. The quantitative estimate of drug-likeness (QED) is 0.756. The van der Waals surface area contributed by atoms with E-state index in [0.29, 0.717) is 25.4 Å². The summed E-state index contributed by atoms with van der Waals surface area (Å²) in [4.78, 5) is 0. The molecular formula is C13H18O3S. The van der Waals surface area contributed by atoms with Gasteiger partial charge in [-0.15, -0.1) is 0 Å². The van der Waals surface area contributed by atoms with Gasteiger partial charge < -0.3 is 4.74 Å². The van der Waals surface area contributed by atoms with Crippen molar-refractivity contribution in [3.8, 4) is 0 Å². The fourth-order valence-electron chi connectivity index (χ4n) is 2.16. The van der Waals surface area contributed by atoms with Crippen LogP contribution < -0.4 is 0 Å². The lowest BCUT2D eigenvalue weighted by atomic mass is 10.2. The monoisotopic (exact) mass is 254 g/mol. The van der Waals surface area contributed by atoms with Gasteiger partial charge in [-0.1, -0.05) is 30.3 Å². The summed E-state index contributed by atoms with van der Waals surface area (Å²) in [5.41, 5.74) is 1.13. The molecule has 0 bridgehead atoms. The van der Waals surface area contributed by atoms with Gasteiger partial charge in [-0.05, 0) is 24.8 Å². The van der Waals surface area contributed by atoms with E-state index in [0.717, 1.165) is 18.4 Å². The summed E-state index contributed by atoms with van der Waals surface area (Å²) in [5.74, 6) is 0.357. The van der Waals surface area contributed by atoms with E-state index in [1.165, 1.54) is 0 Å². The molecule has 1 heterocycles. The summed E-state index contributed by atoms with van der Waals surface area (Å²) < 4.78 is 28.7. The number of benzene rings is 1. The second-order valence-electron chi connectivity index (χ2n) is 4.46. The van der Waals surface area contributed by atoms with Crippen molar-refractivity contribution in [2.75, 3.05) is 12.4 Å². The lowest BCUT2D eigenvalue weighted by Gasteiger charge is -2.09. The Morgan fingerprint density at radius 3 is 2.65 bits per heavy atom. The van der Waals surface area contributed by atoms with E-state index < -0.39 is 9.84 Å². The highest BCUT2D eigenvalue weighted by atomic mass is 32.2. The molecule has 2 rings (SSSR count). The van der Waals surface area contributed by atoms with Crippen LogP contribution in [-0.4, -0.2) is 26.0 Å². The van der Waals surface area contributed by atoms with Crippen molar-refractivity contribution in [3.05, 3.63) is 35.9 Å². The van der Waals surface area contributed by atoms with Crippen LogP contribution in [0.1, 0.15) is 24.8 Å². The molecule has 0 aromatic heterocycles. The fraction of sp³-hybridized carbons (Fsp3) is 0.538. The van der Waals surface area contributed by atoms with Crippen molar-refractivity contribution < 1.29 is 13.2 Å². The SMILES string of the molecule is O=S1(=O)CCCC1CCOCc1ccccc1. The predicted octanol–water partition coefficient (Wildman–Crippen LogP) is 2.17. The Morgan fingerprint density at radius 2 is 2.00 bits per heavy atom. The van der Waals surface area contributed by atoms with E-state index in [-0.39, 0.29) is 5.25 Å². The Bertz CT molecular complexity index is 439. The molecule has 1 aromatic rings. The first-order chi connectivity index (χ1) is 8.18. The number of hydrogen-bond acceptors (Lipinski definition) is 3. The molecule has 4 heteroatoms. The third-order valence-electron chi connectivity index (χ3n) is 3.16. The minimum Gasteiger partial charge on any atom is -0.377 e. The highest BCUT2D eigenvalue weighted by molar-refractivity contribution is 7.92. The van der Waals surface area contributed by atoms with E-state index >= 15 is 0 Å². The molecular weight excluding hydrogens is 236 g/mol. The molecule has 0 N–H and O–H groups in total. The van der Waals surface area contributed by atoms with Crippen LogP contribution in [0.2, 0.25) is 0 Å². The van der Waals surface area contributed by atoms with Crippen molar-refractivity contribution in [3.63, 3.8) is 0 Å². The van der Waals surface area contributed by atoms with Crippen LogP contribution in [-0.2, 0) is 21.2 Å². The van der Waals surface area contributed by atoms with Crippen LogP contribution in [0.3, 0.4) is 0 Å². The highest BCUT2D eigenvalue weighted by Gasteiger charge is 2.30. The van der Waals surface area contributed by atoms with Gasteiger partial charge in [-0.3, -0.25) is 0 Å². The summed E-state index contributed by atoms with van der Waals surface area (Å²) in [6.45, 7) is 1.09. The number of hydrogen-bond donors (Lipinski definition) is 0. The van der Waals surface area contributed by atoms with Crippen molar-refractivity contribution in [2.45, 2.75) is 31.1 Å². The summed E-state index contributed by atoms with van der Waals surface area (Å²) in [6, 6.07) is 9.92. The van der Waals surface area contributed by atoms with Crippen LogP contribution in [0, 0.1) is 0 Å². The first-order valence-corrected chi connectivity index (χ1v) is 7.73. The fourth-order valence-corrected chi connectivity index (χ4v) is 4.04. The largest absolute Gasteiger partial charge is 0.377 e. The average Bonchev–Trinajstić information content (AvgIpc) is 2.66. The third kappa shape index (κ3) is 3.54. The van der Waals surface area contributed by atoms with E-state index in [9.17, 15) is 8.42 Å². The van der Waals surface area contributed by atoms with Gasteiger partial charge in [-0.25, -0.2) is 8.42 Å². The summed E-state index contributed by atoms with van der Waals surface area (Å²) in [6.07, 6.45) is 2.25. The van der Waals surface area contributed by atoms with E-state index in [4.69, 9.17) is 4.74 Å². The standard InChI is InChI=1S/C13H18O3S/c14-17(15)10-4-7-13(17)8-9-16-11-12-5-2-1-3-6-12/h1-3,5-6,13H,4,7-11H2. The molecule has 1 aliphatic heterocycles. The molecule has 1 fully saturated rings. The molecule has 17 heavy (non-hydrogen) atoms. The molecule has 1 atom stereocenters. The van der Waals surface area contributed by atoms with E-state index in [1.54, 1.807) is 0 Å². The average molecular weight is 254 g/mol. The maximum absolute atomic E-state index is 11.6. The van der Waals surface area contributed by atoms with Crippen molar-refractivity contribution in [1.82, 2.24) is 0 Å². The van der Waals surface area contributed by atoms with Crippen molar-refractivity contribution >= 4 is 9.84 Å². The second kappa shape index (κ2) is 5.65. The van der Waals surface area contributed by atoms with Gasteiger partial charge in [0.05, 0.1) is 17.6 Å². The molecule has 1 aromatic carbocycles. The number of rotatable bonds is 5. The van der Waals surface area contributed by atoms with Crippen LogP contribution in [0.4, 0.5) is 0 Å².